The first-order chi connectivity index (χ1) is 9.54. The van der Waals surface area contributed by atoms with Crippen molar-refractivity contribution < 1.29 is 5.21 Å². The van der Waals surface area contributed by atoms with Gasteiger partial charge in [0.2, 0.25) is 0 Å². The number of oxime groups is 1. The molecule has 1 heterocycles. The van der Waals surface area contributed by atoms with Crippen LogP contribution >= 0.6 is 15.9 Å². The minimum Gasteiger partial charge on any atom is -0.409 e. The third-order valence-electron chi connectivity index (χ3n) is 2.73. The molecule has 1 aromatic heterocycles. The van der Waals surface area contributed by atoms with Gasteiger partial charge in [-0.3, -0.25) is 4.79 Å². The molecule has 2 aromatic rings. The molecule has 0 radical (unpaired) electrons. The van der Waals surface area contributed by atoms with Crippen LogP contribution in [-0.2, 0) is 0 Å². The zero-order valence-corrected chi connectivity index (χ0v) is 12.1. The Kier molecular flexibility index (Phi) is 4.04. The Labute approximate surface area is 122 Å². The van der Waals surface area contributed by atoms with Crippen LogP contribution in [0.15, 0.2) is 45.0 Å². The number of nitrogens with two attached hydrogens (primary N) is 1. The van der Waals surface area contributed by atoms with Crippen LogP contribution in [0.5, 0.6) is 0 Å². The average Bonchev–Trinajstić information content (AvgIpc) is 2.48. The van der Waals surface area contributed by atoms with Crippen LogP contribution in [0.2, 0.25) is 0 Å². The van der Waals surface area contributed by atoms with Crippen molar-refractivity contribution in [1.29, 1.82) is 0 Å². The summed E-state index contributed by atoms with van der Waals surface area (Å²) in [4.78, 5) is 19.9. The van der Waals surface area contributed by atoms with Crippen molar-refractivity contribution in [2.45, 2.75) is 0 Å². The van der Waals surface area contributed by atoms with E-state index in [2.05, 4.69) is 31.1 Å². The number of H-pyrrole nitrogens is 1. The SMILES string of the molecule is CN(c1cccc(/C(N)=N/O)c1)c1nc[nH]c(=O)c1Br. The summed E-state index contributed by atoms with van der Waals surface area (Å²) in [7, 11) is 1.76. The molecule has 0 atom stereocenters. The van der Waals surface area contributed by atoms with Gasteiger partial charge in [0.05, 0.1) is 6.33 Å². The van der Waals surface area contributed by atoms with E-state index < -0.39 is 0 Å². The third kappa shape index (κ3) is 2.64. The highest BCUT2D eigenvalue weighted by Gasteiger charge is 2.13. The number of rotatable bonds is 3. The number of nitrogens with one attached hydrogen (secondary N) is 1. The molecule has 8 heteroatoms. The molecule has 0 saturated carbocycles. The summed E-state index contributed by atoms with van der Waals surface area (Å²) in [6.45, 7) is 0. The van der Waals surface area contributed by atoms with E-state index in [0.29, 0.717) is 15.9 Å². The van der Waals surface area contributed by atoms with E-state index in [9.17, 15) is 4.79 Å². The first-order valence-corrected chi connectivity index (χ1v) is 6.38. The molecule has 104 valence electrons. The summed E-state index contributed by atoms with van der Waals surface area (Å²) < 4.78 is 0.330. The molecule has 0 aliphatic carbocycles. The predicted octanol–water partition coefficient (Wildman–Crippen LogP) is 1.39. The van der Waals surface area contributed by atoms with Crippen molar-refractivity contribution in [3.63, 3.8) is 0 Å². The molecule has 0 fully saturated rings. The fourth-order valence-corrected chi connectivity index (χ4v) is 2.14. The summed E-state index contributed by atoms with van der Waals surface area (Å²) in [5.74, 6) is 0.476. The van der Waals surface area contributed by atoms with Crippen LogP contribution in [0.4, 0.5) is 11.5 Å². The van der Waals surface area contributed by atoms with Gasteiger partial charge in [-0.15, -0.1) is 0 Å². The van der Waals surface area contributed by atoms with E-state index in [1.807, 2.05) is 6.07 Å². The second kappa shape index (κ2) is 5.74. The van der Waals surface area contributed by atoms with Crippen molar-refractivity contribution in [3.8, 4) is 0 Å². The van der Waals surface area contributed by atoms with Gasteiger partial charge in [0.1, 0.15) is 4.47 Å². The number of hydrogen-bond acceptors (Lipinski definition) is 5. The van der Waals surface area contributed by atoms with Gasteiger partial charge < -0.3 is 20.8 Å². The first kappa shape index (κ1) is 14.1. The van der Waals surface area contributed by atoms with Gasteiger partial charge in [-0.2, -0.15) is 0 Å². The minimum absolute atomic E-state index is 0.0122. The molecule has 0 bridgehead atoms. The zero-order valence-electron chi connectivity index (χ0n) is 10.5. The summed E-state index contributed by atoms with van der Waals surface area (Å²) in [5, 5.41) is 11.7. The van der Waals surface area contributed by atoms with Gasteiger partial charge in [0, 0.05) is 18.3 Å². The number of aromatic nitrogens is 2. The predicted molar refractivity (Wildman–Crippen MR) is 79.6 cm³/mol. The Balaban J connectivity index is 2.46. The normalized spacial score (nSPS) is 11.4. The molecule has 7 nitrogen and oxygen atoms in total. The van der Waals surface area contributed by atoms with Crippen LogP contribution < -0.4 is 16.2 Å². The molecular formula is C12H12BrN5O2. The molecule has 4 N–H and O–H groups in total. The summed E-state index contributed by atoms with van der Waals surface area (Å²) in [5.41, 5.74) is 6.60. The number of aromatic amines is 1. The smallest absolute Gasteiger partial charge is 0.267 e. The fraction of sp³-hybridized carbons (Fsp3) is 0.0833. The molecule has 0 spiro atoms. The summed E-state index contributed by atoms with van der Waals surface area (Å²) >= 11 is 3.20. The Hall–Kier alpha value is -2.35. The van der Waals surface area contributed by atoms with Gasteiger partial charge in [-0.25, -0.2) is 4.98 Å². The first-order valence-electron chi connectivity index (χ1n) is 5.59. The molecule has 0 aliphatic heterocycles. The van der Waals surface area contributed by atoms with Crippen LogP contribution in [0, 0.1) is 0 Å². The number of halogens is 1. The molecule has 1 aromatic carbocycles. The quantitative estimate of drug-likeness (QED) is 0.339. The van der Waals surface area contributed by atoms with E-state index in [1.54, 1.807) is 30.1 Å². The monoisotopic (exact) mass is 337 g/mol. The Morgan fingerprint density at radius 3 is 3.00 bits per heavy atom. The lowest BCUT2D eigenvalue weighted by Crippen LogP contribution is -2.19. The number of amidine groups is 1. The second-order valence-corrected chi connectivity index (χ2v) is 4.76. The number of anilines is 2. The summed E-state index contributed by atoms with van der Waals surface area (Å²) in [6.07, 6.45) is 1.33. The van der Waals surface area contributed by atoms with Gasteiger partial charge in [0.15, 0.2) is 11.7 Å². The standard InChI is InChI=1S/C12H12BrN5O2/c1-18(11-9(13)12(19)16-6-15-11)8-4-2-3-7(5-8)10(14)17-20/h2-6,20H,1H3,(H2,14,17)(H,15,16,19). The van der Waals surface area contributed by atoms with Gasteiger partial charge >= 0.3 is 0 Å². The van der Waals surface area contributed by atoms with E-state index in [4.69, 9.17) is 10.9 Å². The lowest BCUT2D eigenvalue weighted by atomic mass is 10.2. The molecule has 0 amide bonds. The lowest BCUT2D eigenvalue weighted by molar-refractivity contribution is 0.318. The maximum absolute atomic E-state index is 11.6. The summed E-state index contributed by atoms with van der Waals surface area (Å²) in [6, 6.07) is 7.03. The number of hydrogen-bond donors (Lipinski definition) is 3. The molecule has 0 aliphatic rings. The highest BCUT2D eigenvalue weighted by molar-refractivity contribution is 9.10. The van der Waals surface area contributed by atoms with Crippen LogP contribution in [0.25, 0.3) is 0 Å². The maximum atomic E-state index is 11.6. The van der Waals surface area contributed by atoms with Crippen molar-refractivity contribution in [3.05, 3.63) is 51.0 Å². The van der Waals surface area contributed by atoms with E-state index in [-0.39, 0.29) is 11.4 Å². The van der Waals surface area contributed by atoms with Gasteiger partial charge in [0.25, 0.3) is 5.56 Å². The molecule has 2 rings (SSSR count). The fourth-order valence-electron chi connectivity index (χ4n) is 1.66. The van der Waals surface area contributed by atoms with Crippen LogP contribution in [0.1, 0.15) is 5.56 Å². The average molecular weight is 338 g/mol. The Morgan fingerprint density at radius 1 is 1.55 bits per heavy atom. The molecule has 0 saturated heterocycles. The maximum Gasteiger partial charge on any atom is 0.267 e. The number of benzene rings is 1. The Bertz CT molecular complexity index is 713. The molecular weight excluding hydrogens is 326 g/mol. The lowest BCUT2D eigenvalue weighted by Gasteiger charge is -2.19. The topological polar surface area (TPSA) is 108 Å². The zero-order chi connectivity index (χ0) is 14.7. The van der Waals surface area contributed by atoms with E-state index in [0.717, 1.165) is 5.69 Å². The minimum atomic E-state index is -0.269. The van der Waals surface area contributed by atoms with Crippen molar-refractivity contribution >= 4 is 33.3 Å². The third-order valence-corrected chi connectivity index (χ3v) is 3.45. The number of nitrogens with zero attached hydrogens (tertiary/aromatic N) is 3. The Morgan fingerprint density at radius 2 is 2.30 bits per heavy atom. The van der Waals surface area contributed by atoms with Crippen LogP contribution in [0.3, 0.4) is 0 Å². The largest absolute Gasteiger partial charge is 0.409 e. The second-order valence-electron chi connectivity index (χ2n) is 3.96. The highest BCUT2D eigenvalue weighted by atomic mass is 79.9. The molecule has 0 unspecified atom stereocenters. The molecule has 20 heavy (non-hydrogen) atoms. The van der Waals surface area contributed by atoms with Gasteiger partial charge in [-0.1, -0.05) is 17.3 Å². The van der Waals surface area contributed by atoms with Crippen molar-refractivity contribution in [2.75, 3.05) is 11.9 Å². The van der Waals surface area contributed by atoms with E-state index in [1.165, 1.54) is 6.33 Å². The van der Waals surface area contributed by atoms with Gasteiger partial charge in [-0.05, 0) is 28.1 Å². The van der Waals surface area contributed by atoms with Crippen LogP contribution in [-0.4, -0.2) is 28.1 Å². The highest BCUT2D eigenvalue weighted by Crippen LogP contribution is 2.26. The van der Waals surface area contributed by atoms with Crippen molar-refractivity contribution in [2.24, 2.45) is 10.9 Å². The van der Waals surface area contributed by atoms with E-state index >= 15 is 0 Å². The van der Waals surface area contributed by atoms with Crippen molar-refractivity contribution in [1.82, 2.24) is 9.97 Å².